The highest BCUT2D eigenvalue weighted by molar-refractivity contribution is 6.30. The first-order chi connectivity index (χ1) is 13.1. The molecule has 2 heterocycles. The topological polar surface area (TPSA) is 92.7 Å². The maximum Gasteiger partial charge on any atom is 0.262 e. The molecule has 0 aliphatic rings. The van der Waals surface area contributed by atoms with Crippen molar-refractivity contribution in [3.8, 4) is 5.69 Å². The minimum Gasteiger partial charge on any atom is -0.345 e. The van der Waals surface area contributed by atoms with Gasteiger partial charge in [0.1, 0.15) is 11.2 Å². The molecule has 2 N–H and O–H groups in total. The Hall–Kier alpha value is -3.45. The Balaban J connectivity index is 1.63. The van der Waals surface area contributed by atoms with Gasteiger partial charge in [0.25, 0.3) is 11.5 Å². The van der Waals surface area contributed by atoms with Crippen molar-refractivity contribution in [3.63, 3.8) is 0 Å². The standard InChI is InChI=1S/C19H14ClN5O2/c20-13-6-4-5-12(9-13)18(26)21-11-16-23-17-15(19(27)24-16)10-22-25(17)14-7-2-1-3-8-14/h1-10H,11H2,(H,21,26)(H,23,24,27). The van der Waals surface area contributed by atoms with E-state index in [1.807, 2.05) is 30.3 Å². The van der Waals surface area contributed by atoms with E-state index in [2.05, 4.69) is 20.4 Å². The van der Waals surface area contributed by atoms with Crippen LogP contribution in [0.2, 0.25) is 5.02 Å². The number of para-hydroxylation sites is 1. The highest BCUT2D eigenvalue weighted by Gasteiger charge is 2.12. The number of carbonyl (C=O) groups excluding carboxylic acids is 1. The minimum absolute atomic E-state index is 0.0660. The van der Waals surface area contributed by atoms with Crippen molar-refractivity contribution >= 4 is 28.5 Å². The van der Waals surface area contributed by atoms with Crippen LogP contribution in [0.1, 0.15) is 16.2 Å². The number of hydrogen-bond donors (Lipinski definition) is 2. The average Bonchev–Trinajstić information content (AvgIpc) is 3.11. The van der Waals surface area contributed by atoms with Crippen LogP contribution in [-0.4, -0.2) is 25.7 Å². The maximum absolute atomic E-state index is 12.3. The first-order valence-corrected chi connectivity index (χ1v) is 8.56. The molecule has 0 fully saturated rings. The second-order valence-electron chi connectivity index (χ2n) is 5.83. The van der Waals surface area contributed by atoms with Crippen molar-refractivity contribution in [2.24, 2.45) is 0 Å². The molecular formula is C19H14ClN5O2. The van der Waals surface area contributed by atoms with E-state index in [4.69, 9.17) is 11.6 Å². The van der Waals surface area contributed by atoms with Crippen LogP contribution >= 0.6 is 11.6 Å². The predicted molar refractivity (Wildman–Crippen MR) is 102 cm³/mol. The molecule has 0 bridgehead atoms. The van der Waals surface area contributed by atoms with E-state index in [9.17, 15) is 9.59 Å². The van der Waals surface area contributed by atoms with Gasteiger partial charge in [-0.3, -0.25) is 9.59 Å². The summed E-state index contributed by atoms with van der Waals surface area (Å²) in [6.07, 6.45) is 1.47. The lowest BCUT2D eigenvalue weighted by Gasteiger charge is -2.06. The van der Waals surface area contributed by atoms with Crippen LogP contribution in [0.15, 0.2) is 65.6 Å². The Kier molecular flexibility index (Phi) is 4.43. The van der Waals surface area contributed by atoms with E-state index < -0.39 is 0 Å². The van der Waals surface area contributed by atoms with Crippen LogP contribution in [0.3, 0.4) is 0 Å². The summed E-state index contributed by atoms with van der Waals surface area (Å²) in [5.74, 6) is 0.0253. The quantitative estimate of drug-likeness (QED) is 0.570. The second-order valence-corrected chi connectivity index (χ2v) is 6.27. The average molecular weight is 380 g/mol. The third kappa shape index (κ3) is 3.45. The van der Waals surface area contributed by atoms with Gasteiger partial charge in [-0.15, -0.1) is 0 Å². The van der Waals surface area contributed by atoms with E-state index in [1.54, 1.807) is 28.9 Å². The molecule has 2 aromatic carbocycles. The van der Waals surface area contributed by atoms with Gasteiger partial charge in [0.15, 0.2) is 5.65 Å². The van der Waals surface area contributed by atoms with Gasteiger partial charge in [0.05, 0.1) is 18.4 Å². The molecule has 7 nitrogen and oxygen atoms in total. The van der Waals surface area contributed by atoms with Crippen LogP contribution < -0.4 is 10.9 Å². The summed E-state index contributed by atoms with van der Waals surface area (Å²) in [6.45, 7) is 0.0660. The van der Waals surface area contributed by atoms with Gasteiger partial charge in [-0.2, -0.15) is 5.10 Å². The number of amides is 1. The van der Waals surface area contributed by atoms with Crippen LogP contribution in [-0.2, 0) is 6.54 Å². The predicted octanol–water partition coefficient (Wildman–Crippen LogP) is 2.69. The number of carbonyl (C=O) groups is 1. The SMILES string of the molecule is O=C(NCc1nc2c(cnn2-c2ccccc2)c(=O)[nH]1)c1cccc(Cl)c1. The molecule has 0 atom stereocenters. The largest absolute Gasteiger partial charge is 0.345 e. The molecule has 134 valence electrons. The molecule has 1 amide bonds. The van der Waals surface area contributed by atoms with Gasteiger partial charge in [-0.05, 0) is 30.3 Å². The highest BCUT2D eigenvalue weighted by Crippen LogP contribution is 2.14. The Morgan fingerprint density at radius 2 is 1.96 bits per heavy atom. The molecule has 4 rings (SSSR count). The molecule has 0 saturated heterocycles. The van der Waals surface area contributed by atoms with E-state index in [1.165, 1.54) is 6.20 Å². The molecule has 0 radical (unpaired) electrons. The normalized spacial score (nSPS) is 10.9. The van der Waals surface area contributed by atoms with Gasteiger partial charge in [-0.25, -0.2) is 9.67 Å². The lowest BCUT2D eigenvalue weighted by Crippen LogP contribution is -2.25. The zero-order valence-corrected chi connectivity index (χ0v) is 14.8. The summed E-state index contributed by atoms with van der Waals surface area (Å²) in [7, 11) is 0. The minimum atomic E-state index is -0.311. The van der Waals surface area contributed by atoms with Crippen molar-refractivity contribution < 1.29 is 4.79 Å². The molecule has 0 unspecified atom stereocenters. The third-order valence-corrected chi connectivity index (χ3v) is 4.23. The van der Waals surface area contributed by atoms with Crippen molar-refractivity contribution in [1.29, 1.82) is 0 Å². The van der Waals surface area contributed by atoms with Gasteiger partial charge < -0.3 is 10.3 Å². The Labute approximate surface area is 158 Å². The fraction of sp³-hybridized carbons (Fsp3) is 0.0526. The van der Waals surface area contributed by atoms with Crippen LogP contribution in [0.25, 0.3) is 16.7 Å². The summed E-state index contributed by atoms with van der Waals surface area (Å²) in [4.78, 5) is 31.7. The number of hydrogen-bond acceptors (Lipinski definition) is 4. The molecular weight excluding hydrogens is 366 g/mol. The van der Waals surface area contributed by atoms with E-state index in [-0.39, 0.29) is 18.0 Å². The smallest absolute Gasteiger partial charge is 0.262 e. The number of nitrogens with one attached hydrogen (secondary N) is 2. The van der Waals surface area contributed by atoms with E-state index >= 15 is 0 Å². The van der Waals surface area contributed by atoms with Gasteiger partial charge in [0, 0.05) is 10.6 Å². The first-order valence-electron chi connectivity index (χ1n) is 8.18. The summed E-state index contributed by atoms with van der Waals surface area (Å²) in [6, 6.07) is 16.0. The first kappa shape index (κ1) is 17.0. The summed E-state index contributed by atoms with van der Waals surface area (Å²) in [5, 5.41) is 7.83. The lowest BCUT2D eigenvalue weighted by molar-refractivity contribution is 0.0950. The summed E-state index contributed by atoms with van der Waals surface area (Å²) >= 11 is 5.91. The summed E-state index contributed by atoms with van der Waals surface area (Å²) < 4.78 is 1.59. The molecule has 0 spiro atoms. The molecule has 27 heavy (non-hydrogen) atoms. The van der Waals surface area contributed by atoms with Gasteiger partial charge >= 0.3 is 0 Å². The van der Waals surface area contributed by atoms with Crippen LogP contribution in [0.5, 0.6) is 0 Å². The molecule has 2 aromatic heterocycles. The second kappa shape index (κ2) is 7.05. The number of benzene rings is 2. The third-order valence-electron chi connectivity index (χ3n) is 3.99. The highest BCUT2D eigenvalue weighted by atomic mass is 35.5. The Bertz CT molecular complexity index is 1180. The number of fused-ring (bicyclic) bond motifs is 1. The fourth-order valence-electron chi connectivity index (χ4n) is 2.70. The number of halogens is 1. The summed E-state index contributed by atoms with van der Waals surface area (Å²) in [5.41, 5.74) is 1.34. The van der Waals surface area contributed by atoms with Crippen molar-refractivity contribution in [2.45, 2.75) is 6.54 Å². The Morgan fingerprint density at radius 1 is 1.15 bits per heavy atom. The molecule has 0 aliphatic carbocycles. The zero-order chi connectivity index (χ0) is 18.8. The number of nitrogens with zero attached hydrogens (tertiary/aromatic N) is 3. The van der Waals surface area contributed by atoms with Gasteiger partial charge in [0.2, 0.25) is 0 Å². The molecule has 0 saturated carbocycles. The van der Waals surface area contributed by atoms with Crippen molar-refractivity contribution in [3.05, 3.63) is 87.6 Å². The Morgan fingerprint density at radius 3 is 2.74 bits per heavy atom. The maximum atomic E-state index is 12.3. The van der Waals surface area contributed by atoms with Crippen LogP contribution in [0.4, 0.5) is 0 Å². The fourth-order valence-corrected chi connectivity index (χ4v) is 2.89. The number of rotatable bonds is 4. The number of aromatic nitrogens is 4. The van der Waals surface area contributed by atoms with Crippen molar-refractivity contribution in [1.82, 2.24) is 25.1 Å². The van der Waals surface area contributed by atoms with Crippen molar-refractivity contribution in [2.75, 3.05) is 0 Å². The zero-order valence-electron chi connectivity index (χ0n) is 14.0. The van der Waals surface area contributed by atoms with E-state index in [0.29, 0.717) is 27.4 Å². The molecule has 0 aliphatic heterocycles. The monoisotopic (exact) mass is 379 g/mol. The molecule has 4 aromatic rings. The van der Waals surface area contributed by atoms with Gasteiger partial charge in [-0.1, -0.05) is 35.9 Å². The lowest BCUT2D eigenvalue weighted by atomic mass is 10.2. The number of aromatic amines is 1. The molecule has 8 heteroatoms. The van der Waals surface area contributed by atoms with E-state index in [0.717, 1.165) is 5.69 Å². The number of H-pyrrole nitrogens is 1. The van der Waals surface area contributed by atoms with Crippen LogP contribution in [0, 0.1) is 0 Å².